The van der Waals surface area contributed by atoms with E-state index < -0.39 is 48.1 Å². The second kappa shape index (κ2) is 10.9. The van der Waals surface area contributed by atoms with Gasteiger partial charge in [0.1, 0.15) is 30.0 Å². The minimum atomic E-state index is -1.39. The zero-order valence-corrected chi connectivity index (χ0v) is 18.1. The summed E-state index contributed by atoms with van der Waals surface area (Å²) in [5, 5.41) is 14.5. The molecule has 3 amide bonds. The van der Waals surface area contributed by atoms with Gasteiger partial charge in [0.2, 0.25) is 5.91 Å². The molecule has 2 unspecified atom stereocenters. The van der Waals surface area contributed by atoms with Crippen molar-refractivity contribution < 1.29 is 33.8 Å². The molecule has 2 atom stereocenters. The number of phenolic OH excluding ortho intramolecular Hbond substituents is 1. The van der Waals surface area contributed by atoms with Crippen molar-refractivity contribution in [2.24, 2.45) is 0 Å². The van der Waals surface area contributed by atoms with Crippen LogP contribution in [0, 0.1) is 12.5 Å². The number of nitrogens with zero attached hydrogens (tertiary/aromatic N) is 1. The van der Waals surface area contributed by atoms with E-state index in [0.29, 0.717) is 0 Å². The van der Waals surface area contributed by atoms with Crippen molar-refractivity contribution in [3.63, 3.8) is 0 Å². The standard InChI is InChI=1S/C21H27N3O7/c1-7-24(19(28)13(2)23-20(29)31-21(3,4)5)17(14-9-8-10-15(25)11-14)18(27)22-12-16(26)30-6/h1,8-11,13,17,25H,12H2,2-6H3,(H,22,27)(H,23,29). The lowest BCUT2D eigenvalue weighted by atomic mass is 10.0. The summed E-state index contributed by atoms with van der Waals surface area (Å²) in [4.78, 5) is 49.9. The highest BCUT2D eigenvalue weighted by molar-refractivity contribution is 5.94. The second-order valence-electron chi connectivity index (χ2n) is 7.50. The Labute approximate surface area is 180 Å². The Morgan fingerprint density at radius 2 is 1.90 bits per heavy atom. The predicted molar refractivity (Wildman–Crippen MR) is 110 cm³/mol. The van der Waals surface area contributed by atoms with Gasteiger partial charge in [0, 0.05) is 6.04 Å². The van der Waals surface area contributed by atoms with Crippen molar-refractivity contribution in [2.75, 3.05) is 13.7 Å². The highest BCUT2D eigenvalue weighted by Crippen LogP contribution is 2.25. The van der Waals surface area contributed by atoms with Crippen LogP contribution in [-0.2, 0) is 23.9 Å². The lowest BCUT2D eigenvalue weighted by Crippen LogP contribution is -2.50. The fourth-order valence-electron chi connectivity index (χ4n) is 2.46. The minimum Gasteiger partial charge on any atom is -0.508 e. The molecular weight excluding hydrogens is 406 g/mol. The molecule has 0 aliphatic carbocycles. The van der Waals surface area contributed by atoms with E-state index in [-0.39, 0.29) is 11.3 Å². The van der Waals surface area contributed by atoms with Crippen LogP contribution in [-0.4, -0.2) is 59.2 Å². The fraction of sp³-hybridized carbons (Fsp3) is 0.429. The third-order valence-electron chi connectivity index (χ3n) is 3.81. The first-order chi connectivity index (χ1) is 14.4. The maximum atomic E-state index is 13.0. The summed E-state index contributed by atoms with van der Waals surface area (Å²) in [7, 11) is 1.16. The molecule has 1 aromatic rings. The van der Waals surface area contributed by atoms with Gasteiger partial charge in [0.15, 0.2) is 0 Å². The first-order valence-electron chi connectivity index (χ1n) is 9.32. The number of phenols is 1. The molecule has 0 saturated carbocycles. The van der Waals surface area contributed by atoms with Gasteiger partial charge in [-0.1, -0.05) is 18.6 Å². The molecule has 0 aliphatic heterocycles. The molecule has 10 nitrogen and oxygen atoms in total. The molecule has 3 N–H and O–H groups in total. The van der Waals surface area contributed by atoms with Gasteiger partial charge in [-0.25, -0.2) is 4.79 Å². The monoisotopic (exact) mass is 433 g/mol. The maximum absolute atomic E-state index is 13.0. The van der Waals surface area contributed by atoms with Crippen molar-refractivity contribution in [3.8, 4) is 18.2 Å². The van der Waals surface area contributed by atoms with Gasteiger partial charge in [-0.05, 0) is 45.4 Å². The van der Waals surface area contributed by atoms with E-state index in [9.17, 15) is 24.3 Å². The zero-order valence-electron chi connectivity index (χ0n) is 18.1. The Balaban J connectivity index is 3.17. The number of alkyl carbamates (subject to hydrolysis) is 1. The number of carbonyl (C=O) groups excluding carboxylic acids is 4. The van der Waals surface area contributed by atoms with E-state index in [1.54, 1.807) is 20.8 Å². The Bertz CT molecular complexity index is 870. The topological polar surface area (TPSA) is 134 Å². The summed E-state index contributed by atoms with van der Waals surface area (Å²) >= 11 is 0. The molecule has 0 aromatic heterocycles. The van der Waals surface area contributed by atoms with Crippen LogP contribution in [0.5, 0.6) is 5.75 Å². The largest absolute Gasteiger partial charge is 0.508 e. The van der Waals surface area contributed by atoms with Crippen molar-refractivity contribution in [1.29, 1.82) is 0 Å². The van der Waals surface area contributed by atoms with Crippen molar-refractivity contribution >= 4 is 23.9 Å². The van der Waals surface area contributed by atoms with E-state index in [0.717, 1.165) is 12.0 Å². The average molecular weight is 433 g/mol. The molecule has 1 rings (SSSR count). The summed E-state index contributed by atoms with van der Waals surface area (Å²) in [6, 6.07) is 5.18. The van der Waals surface area contributed by atoms with Crippen LogP contribution >= 0.6 is 0 Å². The number of ether oxygens (including phenoxy) is 2. The number of aromatic hydroxyl groups is 1. The molecule has 0 saturated heterocycles. The van der Waals surface area contributed by atoms with Gasteiger partial charge >= 0.3 is 12.1 Å². The molecule has 31 heavy (non-hydrogen) atoms. The molecule has 0 heterocycles. The lowest BCUT2D eigenvalue weighted by molar-refractivity contribution is -0.142. The number of nitrogens with one attached hydrogen (secondary N) is 2. The number of benzene rings is 1. The minimum absolute atomic E-state index is 0.160. The van der Waals surface area contributed by atoms with E-state index >= 15 is 0 Å². The maximum Gasteiger partial charge on any atom is 0.408 e. The van der Waals surface area contributed by atoms with Crippen molar-refractivity contribution in [2.45, 2.75) is 45.4 Å². The van der Waals surface area contributed by atoms with Crippen LogP contribution in [0.25, 0.3) is 0 Å². The first-order valence-corrected chi connectivity index (χ1v) is 9.32. The first kappa shape index (κ1) is 25.3. The van der Waals surface area contributed by atoms with Crippen LogP contribution in [0.1, 0.15) is 39.3 Å². The highest BCUT2D eigenvalue weighted by atomic mass is 16.6. The number of hydrogen-bond donors (Lipinski definition) is 3. The summed E-state index contributed by atoms with van der Waals surface area (Å²) < 4.78 is 9.61. The Morgan fingerprint density at radius 3 is 2.42 bits per heavy atom. The normalized spacial score (nSPS) is 12.5. The smallest absolute Gasteiger partial charge is 0.408 e. The molecule has 10 heteroatoms. The van der Waals surface area contributed by atoms with Gasteiger partial charge in [-0.2, -0.15) is 0 Å². The molecule has 0 fully saturated rings. The van der Waals surface area contributed by atoms with E-state index in [2.05, 4.69) is 21.4 Å². The lowest BCUT2D eigenvalue weighted by Gasteiger charge is -2.29. The van der Waals surface area contributed by atoms with E-state index in [1.165, 1.54) is 31.2 Å². The predicted octanol–water partition coefficient (Wildman–Crippen LogP) is 1.06. The van der Waals surface area contributed by atoms with Crippen LogP contribution < -0.4 is 10.6 Å². The summed E-state index contributed by atoms with van der Waals surface area (Å²) in [5.74, 6) is -2.43. The van der Waals surface area contributed by atoms with Crippen molar-refractivity contribution in [3.05, 3.63) is 29.8 Å². The number of methoxy groups -OCH3 is 1. The van der Waals surface area contributed by atoms with Crippen LogP contribution in [0.2, 0.25) is 0 Å². The van der Waals surface area contributed by atoms with Gasteiger partial charge in [-0.15, -0.1) is 0 Å². The van der Waals surface area contributed by atoms with Crippen LogP contribution in [0.4, 0.5) is 4.79 Å². The number of rotatable bonds is 7. The second-order valence-corrected chi connectivity index (χ2v) is 7.50. The summed E-state index contributed by atoms with van der Waals surface area (Å²) in [6.45, 7) is 5.91. The van der Waals surface area contributed by atoms with E-state index in [4.69, 9.17) is 11.2 Å². The molecule has 0 radical (unpaired) electrons. The number of terminal acetylenes is 1. The molecule has 0 spiro atoms. The third-order valence-corrected chi connectivity index (χ3v) is 3.81. The average Bonchev–Trinajstić information content (AvgIpc) is 2.67. The number of carbonyl (C=O) groups is 4. The third kappa shape index (κ3) is 7.89. The summed E-state index contributed by atoms with van der Waals surface area (Å²) in [6.07, 6.45) is 4.68. The van der Waals surface area contributed by atoms with Crippen LogP contribution in [0.3, 0.4) is 0 Å². The Morgan fingerprint density at radius 1 is 1.26 bits per heavy atom. The Hall–Kier alpha value is -3.74. The zero-order chi connectivity index (χ0) is 23.8. The number of amides is 3. The molecular formula is C21H27N3O7. The molecule has 1 aromatic carbocycles. The van der Waals surface area contributed by atoms with E-state index in [1.807, 2.05) is 0 Å². The quantitative estimate of drug-likeness (QED) is 0.332. The van der Waals surface area contributed by atoms with Gasteiger partial charge < -0.3 is 25.2 Å². The van der Waals surface area contributed by atoms with Crippen molar-refractivity contribution in [1.82, 2.24) is 15.5 Å². The molecule has 168 valence electrons. The fourth-order valence-corrected chi connectivity index (χ4v) is 2.46. The SMILES string of the molecule is C#CN(C(=O)C(C)NC(=O)OC(C)(C)C)C(C(=O)NCC(=O)OC)c1cccc(O)c1. The number of hydrogen-bond acceptors (Lipinski definition) is 7. The van der Waals surface area contributed by atoms with Gasteiger partial charge in [-0.3, -0.25) is 19.3 Å². The summed E-state index contributed by atoms with van der Waals surface area (Å²) in [5.41, 5.74) is -0.589. The van der Waals surface area contributed by atoms with Gasteiger partial charge in [0.05, 0.1) is 7.11 Å². The number of esters is 1. The van der Waals surface area contributed by atoms with Crippen LogP contribution in [0.15, 0.2) is 24.3 Å². The molecule has 0 bridgehead atoms. The highest BCUT2D eigenvalue weighted by Gasteiger charge is 2.34. The molecule has 0 aliphatic rings. The Kier molecular flexibility index (Phi) is 8.87. The van der Waals surface area contributed by atoms with Gasteiger partial charge in [0.25, 0.3) is 5.91 Å².